The zero-order chi connectivity index (χ0) is 61.9. The van der Waals surface area contributed by atoms with Crippen molar-refractivity contribution in [3.63, 3.8) is 0 Å². The standard InChI is InChI=1S/C59H73F2N8O13PS2/c1-33(35-14-16-37(17-15-35)49-34(2)63-32-84-49)64-52(73)42-26-40(70)28-68(42)55(76)50(57(3,4)5)65-47(71)20-21-62-48(72)31-82-41-27-43(54(75)67-22-23-81-44(30-67)36-12-10-9-11-13-36)69(29-41)56(77)51(58(6,7)8)66-53(74)46-25-38-24-39(18-19-45(38)85-46)59(60,61)83(78,79)80/h9-19,24-25,32-33,40-44,50-51,70H,20-23,26-31H2,1-8H3,(H,62,72)(H,64,73)(H,65,71)(H,66,74)(H2,78,79,80)/t33-,40+,41-,42-,43-,44?,50?,51?/m0/s1. The number of likely N-dealkylation sites (tertiary alicyclic amines) is 2. The molecule has 3 unspecified atom stereocenters. The minimum absolute atomic E-state index is 0.00119. The van der Waals surface area contributed by atoms with Crippen LogP contribution in [0.3, 0.4) is 0 Å². The van der Waals surface area contributed by atoms with Crippen LogP contribution in [-0.4, -0.2) is 158 Å². The maximum Gasteiger partial charge on any atom is 0.399 e. The summed E-state index contributed by atoms with van der Waals surface area (Å²) >= 11 is 2.45. The quantitative estimate of drug-likeness (QED) is 0.0456. The van der Waals surface area contributed by atoms with Crippen LogP contribution < -0.4 is 21.3 Å². The molecule has 3 aliphatic heterocycles. The van der Waals surface area contributed by atoms with Gasteiger partial charge in [-0.2, -0.15) is 8.78 Å². The van der Waals surface area contributed by atoms with Gasteiger partial charge < -0.3 is 60.3 Å². The monoisotopic (exact) mass is 1230 g/mol. The Balaban J connectivity index is 0.891. The predicted molar refractivity (Wildman–Crippen MR) is 314 cm³/mol. The Labute approximate surface area is 499 Å². The summed E-state index contributed by atoms with van der Waals surface area (Å²) in [6, 6.07) is 16.4. The van der Waals surface area contributed by atoms with Gasteiger partial charge in [-0.05, 0) is 65.0 Å². The van der Waals surface area contributed by atoms with Crippen molar-refractivity contribution < 1.29 is 71.3 Å². The van der Waals surface area contributed by atoms with E-state index in [0.717, 1.165) is 50.7 Å². The second kappa shape index (κ2) is 26.2. The number of morpholine rings is 1. The van der Waals surface area contributed by atoms with Crippen molar-refractivity contribution in [1.29, 1.82) is 0 Å². The van der Waals surface area contributed by atoms with Gasteiger partial charge in [0.15, 0.2) is 0 Å². The molecule has 3 saturated heterocycles. The fourth-order valence-corrected chi connectivity index (χ4v) is 12.9. The lowest BCUT2D eigenvalue weighted by atomic mass is 9.85. The van der Waals surface area contributed by atoms with Crippen LogP contribution in [0.4, 0.5) is 8.78 Å². The number of carbonyl (C=O) groups is 7. The number of aliphatic hydroxyl groups excluding tert-OH is 1. The summed E-state index contributed by atoms with van der Waals surface area (Å²) in [5.41, 5.74) is -1.88. The van der Waals surface area contributed by atoms with Gasteiger partial charge in [0.2, 0.25) is 35.4 Å². The highest BCUT2D eigenvalue weighted by Gasteiger charge is 2.51. The molecule has 3 aromatic carbocycles. The molecule has 21 nitrogen and oxygen atoms in total. The molecule has 2 aromatic heterocycles. The highest BCUT2D eigenvalue weighted by molar-refractivity contribution is 7.52. The zero-order valence-corrected chi connectivity index (χ0v) is 51.0. The fourth-order valence-electron chi connectivity index (χ4n) is 10.7. The van der Waals surface area contributed by atoms with E-state index in [4.69, 9.17) is 9.47 Å². The molecule has 0 radical (unpaired) electrons. The first-order chi connectivity index (χ1) is 39.9. The van der Waals surface area contributed by atoms with E-state index >= 15 is 0 Å². The highest BCUT2D eigenvalue weighted by Crippen LogP contribution is 2.59. The number of ether oxygens (including phenoxy) is 2. The van der Waals surface area contributed by atoms with Crippen molar-refractivity contribution in [2.45, 2.75) is 129 Å². The molecule has 8 atom stereocenters. The Morgan fingerprint density at radius 1 is 0.824 bits per heavy atom. The SMILES string of the molecule is Cc1ncsc1-c1ccc([C@H](C)NC(=O)[C@@H]2C[C@@H](O)CN2C(=O)C(NC(=O)CCNC(=O)CO[C@H]2C[C@@H](C(=O)N3CCOC(c4ccccc4)C3)N(C(=O)C(NC(=O)c3cc4cc(C(F)(F)P(=O)(O)O)ccc4s3)C(C)(C)C)C2)C(C)(C)C)cc1. The first-order valence-corrected chi connectivity index (χ1v) is 31.2. The van der Waals surface area contributed by atoms with Crippen LogP contribution in [-0.2, 0) is 48.5 Å². The van der Waals surface area contributed by atoms with Crippen molar-refractivity contribution in [2.24, 2.45) is 10.8 Å². The van der Waals surface area contributed by atoms with E-state index in [0.29, 0.717) is 4.70 Å². The maximum absolute atomic E-state index is 14.9. The maximum atomic E-state index is 14.9. The molecule has 0 spiro atoms. The Morgan fingerprint density at radius 2 is 1.48 bits per heavy atom. The lowest BCUT2D eigenvalue weighted by Gasteiger charge is -2.38. The number of benzene rings is 3. The Kier molecular flexibility index (Phi) is 19.8. The van der Waals surface area contributed by atoms with Crippen molar-refractivity contribution in [1.82, 2.24) is 41.0 Å². The van der Waals surface area contributed by atoms with Gasteiger partial charge in [-0.3, -0.25) is 38.1 Å². The molecule has 26 heteroatoms. The van der Waals surface area contributed by atoms with Gasteiger partial charge in [0, 0.05) is 55.7 Å². The number of aromatic nitrogens is 1. The van der Waals surface area contributed by atoms with Crippen molar-refractivity contribution in [3.05, 3.63) is 112 Å². The number of halogens is 2. The number of amides is 7. The molecule has 5 heterocycles. The van der Waals surface area contributed by atoms with E-state index < -0.39 is 126 Å². The lowest BCUT2D eigenvalue weighted by Crippen LogP contribution is -2.58. The van der Waals surface area contributed by atoms with Gasteiger partial charge in [0.05, 0.1) is 52.4 Å². The summed E-state index contributed by atoms with van der Waals surface area (Å²) in [5, 5.41) is 22.1. The number of alkyl halides is 2. The molecular weight excluding hydrogens is 1160 g/mol. The van der Waals surface area contributed by atoms with Gasteiger partial charge in [-0.15, -0.1) is 22.7 Å². The number of nitrogens with zero attached hydrogens (tertiary/aromatic N) is 4. The summed E-state index contributed by atoms with van der Waals surface area (Å²) in [7, 11) is -5.88. The van der Waals surface area contributed by atoms with E-state index in [1.54, 1.807) is 52.0 Å². The Morgan fingerprint density at radius 3 is 2.12 bits per heavy atom. The van der Waals surface area contributed by atoms with Crippen LogP contribution >= 0.6 is 30.3 Å². The van der Waals surface area contributed by atoms with E-state index in [9.17, 15) is 61.8 Å². The molecule has 0 bridgehead atoms. The minimum atomic E-state index is -5.88. The van der Waals surface area contributed by atoms with Crippen LogP contribution in [0.2, 0.25) is 0 Å². The summed E-state index contributed by atoms with van der Waals surface area (Å²) < 4.78 is 53.4. The average Bonchev–Trinajstić information content (AvgIpc) is 3.63. The van der Waals surface area contributed by atoms with Gasteiger partial charge in [0.1, 0.15) is 36.9 Å². The number of aliphatic hydroxyl groups is 1. The normalized spacial score (nSPS) is 20.6. The average molecular weight is 1240 g/mol. The molecule has 85 heavy (non-hydrogen) atoms. The molecule has 458 valence electrons. The summed E-state index contributed by atoms with van der Waals surface area (Å²) in [6.07, 6.45) is -2.59. The minimum Gasteiger partial charge on any atom is -0.391 e. The highest BCUT2D eigenvalue weighted by atomic mass is 32.1. The van der Waals surface area contributed by atoms with Crippen LogP contribution in [0, 0.1) is 17.8 Å². The molecular formula is C59H73F2N8O13PS2. The third-order valence-electron chi connectivity index (χ3n) is 15.4. The lowest BCUT2D eigenvalue weighted by molar-refractivity contribution is -0.150. The molecule has 0 saturated carbocycles. The molecule has 8 rings (SSSR count). The molecule has 7 amide bonds. The number of thiophene rings is 1. The van der Waals surface area contributed by atoms with Gasteiger partial charge in [0.25, 0.3) is 5.91 Å². The van der Waals surface area contributed by atoms with Gasteiger partial charge >= 0.3 is 13.3 Å². The summed E-state index contributed by atoms with van der Waals surface area (Å²) in [6.45, 7) is 13.8. The van der Waals surface area contributed by atoms with Crippen molar-refractivity contribution in [3.8, 4) is 10.4 Å². The smallest absolute Gasteiger partial charge is 0.391 e. The number of rotatable bonds is 19. The fraction of sp³-hybridized carbons (Fsp3) is 0.492. The molecule has 3 aliphatic rings. The molecule has 0 aliphatic carbocycles. The number of hydrogen-bond acceptors (Lipinski definition) is 14. The number of fused-ring (bicyclic) bond motifs is 1. The van der Waals surface area contributed by atoms with Crippen LogP contribution in [0.5, 0.6) is 0 Å². The molecule has 5 aromatic rings. The van der Waals surface area contributed by atoms with Crippen LogP contribution in [0.1, 0.15) is 112 Å². The van der Waals surface area contributed by atoms with Crippen molar-refractivity contribution in [2.75, 3.05) is 45.9 Å². The van der Waals surface area contributed by atoms with Gasteiger partial charge in [-0.1, -0.05) is 102 Å². The second-order valence-corrected chi connectivity index (χ2v) is 27.5. The van der Waals surface area contributed by atoms with Crippen LogP contribution in [0.15, 0.2) is 84.4 Å². The number of β-amino-alcohol motifs (C(OH)–C–C–N with tert-alkyl or cyclic N) is 1. The third-order valence-corrected chi connectivity index (χ3v) is 18.5. The number of nitrogens with one attached hydrogen (secondary N) is 4. The van der Waals surface area contributed by atoms with Gasteiger partial charge in [-0.25, -0.2) is 4.98 Å². The first kappa shape index (κ1) is 64.4. The van der Waals surface area contributed by atoms with Crippen molar-refractivity contribution >= 4 is 81.7 Å². The second-order valence-electron chi connectivity index (χ2n) is 23.9. The van der Waals surface area contributed by atoms with Crippen LogP contribution in [0.25, 0.3) is 20.5 Å². The largest absolute Gasteiger partial charge is 0.399 e. The summed E-state index contributed by atoms with van der Waals surface area (Å²) in [5.74, 6) is -4.00. The van der Waals surface area contributed by atoms with E-state index in [-0.39, 0.29) is 68.9 Å². The van der Waals surface area contributed by atoms with E-state index in [2.05, 4.69) is 26.3 Å². The first-order valence-electron chi connectivity index (χ1n) is 27.9. The predicted octanol–water partition coefficient (Wildman–Crippen LogP) is 6.17. The van der Waals surface area contributed by atoms with E-state index in [1.807, 2.05) is 68.4 Å². The van der Waals surface area contributed by atoms with E-state index in [1.165, 1.54) is 33.3 Å². The summed E-state index contributed by atoms with van der Waals surface area (Å²) in [4.78, 5) is 127. The number of hydrogen-bond donors (Lipinski definition) is 7. The topological polar surface area (TPSA) is 286 Å². The number of aryl methyl sites for hydroxylation is 1. The third kappa shape index (κ3) is 15.2. The zero-order valence-electron chi connectivity index (χ0n) is 48.5. The molecule has 3 fully saturated rings. The number of carbonyl (C=O) groups excluding carboxylic acids is 7. The number of thiazole rings is 1. The Hall–Kier alpha value is -6.57. The Bertz CT molecular complexity index is 3330. The molecule has 7 N–H and O–H groups in total.